The standard InChI is InChI=1S/2C6H5.H3O3P.Zn/c2*1-2-4-6-5-3-1;1-4(2)3;/h2*1-5H;4H,(H2,1,2,3);. The van der Waals surface area contributed by atoms with Gasteiger partial charge in [0.25, 0.3) is 0 Å². The summed E-state index contributed by atoms with van der Waals surface area (Å²) in [6.45, 7) is 0. The molecule has 0 radical (unpaired) electrons. The van der Waals surface area contributed by atoms with E-state index in [1.54, 1.807) is 8.32 Å². The molecule has 2 rings (SSSR count). The minimum atomic E-state index is -3.13. The molecular formula is C12H13O3PZn. The van der Waals surface area contributed by atoms with Crippen molar-refractivity contribution in [1.82, 2.24) is 0 Å². The van der Waals surface area contributed by atoms with Crippen LogP contribution >= 0.6 is 8.25 Å². The minimum absolute atomic E-state index is 0.676. The van der Waals surface area contributed by atoms with Gasteiger partial charge in [-0.1, -0.05) is 0 Å². The van der Waals surface area contributed by atoms with E-state index < -0.39 is 25.4 Å². The molecule has 86 valence electrons. The van der Waals surface area contributed by atoms with E-state index in [-0.39, 0.29) is 0 Å². The van der Waals surface area contributed by atoms with Crippen LogP contribution in [0.2, 0.25) is 0 Å². The zero-order chi connectivity index (χ0) is 12.5. The Morgan fingerprint density at radius 3 is 1.35 bits per heavy atom. The molecular weight excluding hydrogens is 288 g/mol. The van der Waals surface area contributed by atoms with Crippen molar-refractivity contribution < 1.29 is 31.5 Å². The SMILES string of the molecule is O=[PH](O)O.c1cc[c]([Zn][c]2ccccc2)cc1. The van der Waals surface area contributed by atoms with Crippen LogP contribution in [0.1, 0.15) is 0 Å². The summed E-state index contributed by atoms with van der Waals surface area (Å²) < 4.78 is 11.9. The Kier molecular flexibility index (Phi) is 6.99. The molecule has 0 aliphatic rings. The van der Waals surface area contributed by atoms with Crippen LogP contribution in [0.5, 0.6) is 0 Å². The summed E-state index contributed by atoms with van der Waals surface area (Å²) >= 11 is -0.676. The normalized spacial score (nSPS) is 9.12. The quantitative estimate of drug-likeness (QED) is 0.645. The van der Waals surface area contributed by atoms with Crippen LogP contribution in [0.3, 0.4) is 0 Å². The van der Waals surface area contributed by atoms with Crippen molar-refractivity contribution in [3.8, 4) is 0 Å². The van der Waals surface area contributed by atoms with Crippen molar-refractivity contribution >= 4 is 16.6 Å². The van der Waals surface area contributed by atoms with Gasteiger partial charge in [0, 0.05) is 0 Å². The van der Waals surface area contributed by atoms with E-state index in [2.05, 4.69) is 60.7 Å². The average molecular weight is 302 g/mol. The molecule has 0 amide bonds. The average Bonchev–Trinajstić information content (AvgIpc) is 2.31. The second-order valence-electron chi connectivity index (χ2n) is 3.43. The summed E-state index contributed by atoms with van der Waals surface area (Å²) in [5.74, 6) is 0. The molecule has 0 bridgehead atoms. The molecule has 3 nitrogen and oxygen atoms in total. The second-order valence-corrected chi connectivity index (χ2v) is 8.16. The third-order valence-corrected chi connectivity index (χ3v) is 5.79. The van der Waals surface area contributed by atoms with E-state index >= 15 is 0 Å². The monoisotopic (exact) mass is 300 g/mol. The summed E-state index contributed by atoms with van der Waals surface area (Å²) in [7, 11) is -3.13. The van der Waals surface area contributed by atoms with Gasteiger partial charge in [-0.15, -0.1) is 0 Å². The molecule has 2 aromatic carbocycles. The summed E-state index contributed by atoms with van der Waals surface area (Å²) in [6.07, 6.45) is 0. The molecule has 2 N–H and O–H groups in total. The van der Waals surface area contributed by atoms with Crippen molar-refractivity contribution in [2.75, 3.05) is 0 Å². The van der Waals surface area contributed by atoms with E-state index in [0.717, 1.165) is 0 Å². The molecule has 0 saturated heterocycles. The van der Waals surface area contributed by atoms with Crippen LogP contribution in [0.4, 0.5) is 0 Å². The van der Waals surface area contributed by atoms with E-state index in [4.69, 9.17) is 14.4 Å². The van der Waals surface area contributed by atoms with Crippen LogP contribution < -0.4 is 8.32 Å². The van der Waals surface area contributed by atoms with Crippen LogP contribution in [0.15, 0.2) is 60.7 Å². The Bertz CT molecular complexity index is 406. The number of benzene rings is 2. The van der Waals surface area contributed by atoms with Gasteiger partial charge in [0.05, 0.1) is 0 Å². The van der Waals surface area contributed by atoms with E-state index in [0.29, 0.717) is 0 Å². The van der Waals surface area contributed by atoms with Gasteiger partial charge in [-0.25, -0.2) is 0 Å². The summed E-state index contributed by atoms with van der Waals surface area (Å²) in [5, 5.41) is 0. The topological polar surface area (TPSA) is 57.5 Å². The van der Waals surface area contributed by atoms with Crippen LogP contribution in [-0.4, -0.2) is 9.79 Å². The van der Waals surface area contributed by atoms with Crippen molar-refractivity contribution in [1.29, 1.82) is 0 Å². The Morgan fingerprint density at radius 2 is 1.06 bits per heavy atom. The zero-order valence-electron chi connectivity index (χ0n) is 9.28. The molecule has 0 unspecified atom stereocenters. The maximum atomic E-state index is 8.74. The molecule has 0 aromatic heterocycles. The van der Waals surface area contributed by atoms with Crippen LogP contribution in [0, 0.1) is 0 Å². The molecule has 17 heavy (non-hydrogen) atoms. The van der Waals surface area contributed by atoms with Crippen molar-refractivity contribution in [2.45, 2.75) is 0 Å². The van der Waals surface area contributed by atoms with Crippen molar-refractivity contribution in [3.05, 3.63) is 60.7 Å². The van der Waals surface area contributed by atoms with Gasteiger partial charge >= 0.3 is 94.4 Å². The van der Waals surface area contributed by atoms with Gasteiger partial charge in [0.1, 0.15) is 0 Å². The summed E-state index contributed by atoms with van der Waals surface area (Å²) in [5.41, 5.74) is 0. The Balaban J connectivity index is 0.000000317. The fourth-order valence-corrected chi connectivity index (χ4v) is 4.55. The third-order valence-electron chi connectivity index (χ3n) is 2.09. The Morgan fingerprint density at radius 1 is 0.765 bits per heavy atom. The fraction of sp³-hybridized carbons (Fsp3) is 0. The molecule has 0 fully saturated rings. The summed E-state index contributed by atoms with van der Waals surface area (Å²) in [6, 6.07) is 21.6. The van der Waals surface area contributed by atoms with Gasteiger partial charge in [-0.05, 0) is 0 Å². The first-order valence-electron chi connectivity index (χ1n) is 5.18. The Labute approximate surface area is 109 Å². The first-order chi connectivity index (χ1) is 8.18. The van der Waals surface area contributed by atoms with Crippen molar-refractivity contribution in [3.63, 3.8) is 0 Å². The third kappa shape index (κ3) is 7.20. The molecule has 0 aliphatic carbocycles. The first-order valence-corrected chi connectivity index (χ1v) is 9.45. The fourth-order valence-electron chi connectivity index (χ4n) is 1.43. The maximum absolute atomic E-state index is 8.74. The van der Waals surface area contributed by atoms with E-state index in [1.807, 2.05) is 0 Å². The predicted octanol–water partition coefficient (Wildman–Crippen LogP) is 1.08. The van der Waals surface area contributed by atoms with E-state index in [1.165, 1.54) is 0 Å². The van der Waals surface area contributed by atoms with Crippen LogP contribution in [0.25, 0.3) is 0 Å². The zero-order valence-corrected chi connectivity index (χ0v) is 13.3. The molecule has 0 saturated carbocycles. The van der Waals surface area contributed by atoms with Crippen molar-refractivity contribution in [2.24, 2.45) is 0 Å². The van der Waals surface area contributed by atoms with Gasteiger partial charge in [-0.3, -0.25) is 4.57 Å². The van der Waals surface area contributed by atoms with Gasteiger partial charge in [-0.2, -0.15) is 0 Å². The summed E-state index contributed by atoms with van der Waals surface area (Å²) in [4.78, 5) is 14.3. The van der Waals surface area contributed by atoms with Gasteiger partial charge < -0.3 is 9.79 Å². The first kappa shape index (κ1) is 14.3. The van der Waals surface area contributed by atoms with Gasteiger partial charge in [0.15, 0.2) is 0 Å². The van der Waals surface area contributed by atoms with Crippen LogP contribution in [-0.2, 0) is 21.7 Å². The predicted molar refractivity (Wildman–Crippen MR) is 65.6 cm³/mol. The van der Waals surface area contributed by atoms with E-state index in [9.17, 15) is 0 Å². The van der Waals surface area contributed by atoms with Gasteiger partial charge in [0.2, 0.25) is 0 Å². The second kappa shape index (κ2) is 8.33. The number of hydrogen-bond donors (Lipinski definition) is 2. The molecule has 0 aliphatic heterocycles. The molecule has 0 heterocycles. The molecule has 0 atom stereocenters. The molecule has 0 spiro atoms. The molecule has 2 aromatic rings. The molecule has 5 heteroatoms. The number of hydrogen-bond acceptors (Lipinski definition) is 1. The number of rotatable bonds is 2. The Hall–Kier alpha value is -0.787.